The normalized spacial score (nSPS) is 10.7. The van der Waals surface area contributed by atoms with E-state index in [2.05, 4.69) is 31.2 Å². The minimum Gasteiger partial charge on any atom is -0.339 e. The average Bonchev–Trinajstić information content (AvgIpc) is 2.62. The minimum atomic E-state index is 0.521. The summed E-state index contributed by atoms with van der Waals surface area (Å²) in [6.45, 7) is 0.683. The molecular formula is C11H11BrClN3. The fourth-order valence-electron chi connectivity index (χ4n) is 1.43. The molecule has 1 aromatic heterocycles. The number of halogens is 2. The van der Waals surface area contributed by atoms with Gasteiger partial charge in [-0.05, 0) is 19.2 Å². The lowest BCUT2D eigenvalue weighted by Crippen LogP contribution is -2.05. The van der Waals surface area contributed by atoms with E-state index >= 15 is 0 Å². The van der Waals surface area contributed by atoms with E-state index in [9.17, 15) is 0 Å². The Hall–Kier alpha value is -0.840. The van der Waals surface area contributed by atoms with Crippen molar-refractivity contribution in [3.05, 3.63) is 39.6 Å². The molecule has 0 unspecified atom stereocenters. The van der Waals surface area contributed by atoms with Crippen LogP contribution in [0.25, 0.3) is 11.4 Å². The number of hydrogen-bond acceptors (Lipinski definition) is 2. The second-order valence-electron chi connectivity index (χ2n) is 3.39. The van der Waals surface area contributed by atoms with E-state index in [1.807, 2.05) is 31.3 Å². The average molecular weight is 301 g/mol. The van der Waals surface area contributed by atoms with Gasteiger partial charge in [0.15, 0.2) is 5.15 Å². The lowest BCUT2D eigenvalue weighted by atomic mass is 10.2. The van der Waals surface area contributed by atoms with E-state index in [0.29, 0.717) is 11.7 Å². The van der Waals surface area contributed by atoms with E-state index < -0.39 is 0 Å². The molecule has 0 fully saturated rings. The first kappa shape index (κ1) is 11.6. The van der Waals surface area contributed by atoms with Gasteiger partial charge in [0.05, 0.1) is 5.69 Å². The first-order valence-electron chi connectivity index (χ1n) is 4.85. The molecule has 0 aliphatic carbocycles. The summed E-state index contributed by atoms with van der Waals surface area (Å²) >= 11 is 9.41. The highest BCUT2D eigenvalue weighted by Gasteiger charge is 2.08. The third kappa shape index (κ3) is 2.45. The zero-order valence-corrected chi connectivity index (χ0v) is 11.1. The molecule has 0 atom stereocenters. The summed E-state index contributed by atoms with van der Waals surface area (Å²) in [5, 5.41) is 3.56. The Labute approximate surface area is 107 Å². The Bertz CT molecular complexity index is 478. The number of nitrogens with one attached hydrogen (secondary N) is 2. The zero-order chi connectivity index (χ0) is 11.5. The Morgan fingerprint density at radius 3 is 2.69 bits per heavy atom. The first-order chi connectivity index (χ1) is 7.70. The van der Waals surface area contributed by atoms with Crippen molar-refractivity contribution in [3.8, 4) is 11.4 Å². The number of aromatic nitrogens is 2. The largest absolute Gasteiger partial charge is 0.339 e. The third-order valence-electron chi connectivity index (χ3n) is 2.20. The molecule has 0 spiro atoms. The summed E-state index contributed by atoms with van der Waals surface area (Å²) in [7, 11) is 1.87. The van der Waals surface area contributed by atoms with Crippen LogP contribution in [0, 0.1) is 0 Å². The summed E-state index contributed by atoms with van der Waals surface area (Å²) < 4.78 is 1.05. The molecule has 1 aromatic carbocycles. The van der Waals surface area contributed by atoms with Gasteiger partial charge in [-0.3, -0.25) is 0 Å². The molecule has 16 heavy (non-hydrogen) atoms. The third-order valence-corrected chi connectivity index (χ3v) is 3.04. The van der Waals surface area contributed by atoms with E-state index in [4.69, 9.17) is 11.6 Å². The Balaban J connectivity index is 2.33. The lowest BCUT2D eigenvalue weighted by molar-refractivity contribution is 0.798. The smallest absolute Gasteiger partial charge is 0.152 e. The summed E-state index contributed by atoms with van der Waals surface area (Å²) in [4.78, 5) is 7.48. The van der Waals surface area contributed by atoms with Gasteiger partial charge in [0.25, 0.3) is 0 Å². The molecule has 5 heteroatoms. The number of aromatic amines is 1. The molecule has 84 valence electrons. The van der Waals surface area contributed by atoms with Crippen molar-refractivity contribution in [1.82, 2.24) is 15.3 Å². The van der Waals surface area contributed by atoms with Crippen molar-refractivity contribution < 1.29 is 0 Å². The SMILES string of the molecule is CNCc1[nH]c(-c2ccc(Br)cc2)nc1Cl. The monoisotopic (exact) mass is 299 g/mol. The van der Waals surface area contributed by atoms with Gasteiger partial charge in [-0.25, -0.2) is 4.98 Å². The van der Waals surface area contributed by atoms with Crippen molar-refractivity contribution in [1.29, 1.82) is 0 Å². The Morgan fingerprint density at radius 1 is 1.38 bits per heavy atom. The topological polar surface area (TPSA) is 40.7 Å². The Kier molecular flexibility index (Phi) is 3.63. The molecule has 2 aromatic rings. The van der Waals surface area contributed by atoms with Crippen LogP contribution in [0.15, 0.2) is 28.7 Å². The maximum absolute atomic E-state index is 6.01. The molecule has 3 nitrogen and oxygen atoms in total. The van der Waals surface area contributed by atoms with Crippen LogP contribution in [0.5, 0.6) is 0 Å². The number of nitrogens with zero attached hydrogens (tertiary/aromatic N) is 1. The van der Waals surface area contributed by atoms with Crippen LogP contribution in [0.3, 0.4) is 0 Å². The van der Waals surface area contributed by atoms with Gasteiger partial charge in [0.1, 0.15) is 5.82 Å². The standard InChI is InChI=1S/C11H11BrClN3/c1-14-6-9-10(13)16-11(15-9)7-2-4-8(12)5-3-7/h2-5,14H,6H2,1H3,(H,15,16). The van der Waals surface area contributed by atoms with Gasteiger partial charge in [0, 0.05) is 16.6 Å². The number of rotatable bonds is 3. The first-order valence-corrected chi connectivity index (χ1v) is 6.02. The van der Waals surface area contributed by atoms with Gasteiger partial charge in [-0.1, -0.05) is 39.7 Å². The van der Waals surface area contributed by atoms with Crippen LogP contribution in [0.1, 0.15) is 5.69 Å². The van der Waals surface area contributed by atoms with Crippen molar-refractivity contribution in [2.75, 3.05) is 7.05 Å². The predicted octanol–water partition coefficient (Wildman–Crippen LogP) is 3.21. The highest BCUT2D eigenvalue weighted by Crippen LogP contribution is 2.22. The molecule has 0 bridgehead atoms. The summed E-state index contributed by atoms with van der Waals surface area (Å²) in [6.07, 6.45) is 0. The van der Waals surface area contributed by atoms with Crippen molar-refractivity contribution in [2.45, 2.75) is 6.54 Å². The quantitative estimate of drug-likeness (QED) is 0.914. The highest BCUT2D eigenvalue weighted by molar-refractivity contribution is 9.10. The van der Waals surface area contributed by atoms with Crippen LogP contribution in [-0.2, 0) is 6.54 Å². The predicted molar refractivity (Wildman–Crippen MR) is 69.5 cm³/mol. The van der Waals surface area contributed by atoms with Crippen LogP contribution in [0.4, 0.5) is 0 Å². The molecule has 0 saturated carbocycles. The van der Waals surface area contributed by atoms with Gasteiger partial charge in [-0.15, -0.1) is 0 Å². The molecule has 2 rings (SSSR count). The molecule has 1 heterocycles. The molecule has 0 amide bonds. The minimum absolute atomic E-state index is 0.521. The molecule has 2 N–H and O–H groups in total. The van der Waals surface area contributed by atoms with Crippen LogP contribution in [-0.4, -0.2) is 17.0 Å². The highest BCUT2D eigenvalue weighted by atomic mass is 79.9. The van der Waals surface area contributed by atoms with Gasteiger partial charge >= 0.3 is 0 Å². The van der Waals surface area contributed by atoms with Crippen LogP contribution < -0.4 is 5.32 Å². The van der Waals surface area contributed by atoms with E-state index in [-0.39, 0.29) is 0 Å². The summed E-state index contributed by atoms with van der Waals surface area (Å²) in [5.74, 6) is 0.794. The van der Waals surface area contributed by atoms with E-state index in [1.165, 1.54) is 0 Å². The summed E-state index contributed by atoms with van der Waals surface area (Å²) in [6, 6.07) is 7.93. The number of imidazole rings is 1. The van der Waals surface area contributed by atoms with Crippen molar-refractivity contribution in [3.63, 3.8) is 0 Å². The number of hydrogen-bond donors (Lipinski definition) is 2. The summed E-state index contributed by atoms with van der Waals surface area (Å²) in [5.41, 5.74) is 1.93. The van der Waals surface area contributed by atoms with Gasteiger partial charge < -0.3 is 10.3 Å². The fraction of sp³-hybridized carbons (Fsp3) is 0.182. The van der Waals surface area contributed by atoms with E-state index in [1.54, 1.807) is 0 Å². The van der Waals surface area contributed by atoms with Gasteiger partial charge in [0.2, 0.25) is 0 Å². The number of H-pyrrole nitrogens is 1. The van der Waals surface area contributed by atoms with Crippen LogP contribution in [0.2, 0.25) is 5.15 Å². The van der Waals surface area contributed by atoms with Crippen LogP contribution >= 0.6 is 27.5 Å². The maximum Gasteiger partial charge on any atom is 0.152 e. The molecule has 0 radical (unpaired) electrons. The second kappa shape index (κ2) is 4.99. The fourth-order valence-corrected chi connectivity index (χ4v) is 1.89. The number of benzene rings is 1. The lowest BCUT2D eigenvalue weighted by Gasteiger charge is -1.97. The van der Waals surface area contributed by atoms with E-state index in [0.717, 1.165) is 21.6 Å². The molecule has 0 aliphatic heterocycles. The molecule has 0 aliphatic rings. The van der Waals surface area contributed by atoms with Crippen molar-refractivity contribution in [2.24, 2.45) is 0 Å². The van der Waals surface area contributed by atoms with Crippen molar-refractivity contribution >= 4 is 27.5 Å². The molecular weight excluding hydrogens is 289 g/mol. The zero-order valence-electron chi connectivity index (χ0n) is 8.72. The Morgan fingerprint density at radius 2 is 2.06 bits per heavy atom. The molecule has 0 saturated heterocycles. The second-order valence-corrected chi connectivity index (χ2v) is 4.67. The maximum atomic E-state index is 6.01. The van der Waals surface area contributed by atoms with Gasteiger partial charge in [-0.2, -0.15) is 0 Å².